The van der Waals surface area contributed by atoms with E-state index in [2.05, 4.69) is 5.32 Å². The Hall–Kier alpha value is -1.35. The Bertz CT molecular complexity index is 414. The number of rotatable bonds is 3. The molecule has 1 aromatic rings. The maximum Gasteiger partial charge on any atom is 0.279 e. The molecule has 0 saturated carbocycles. The molecule has 0 atom stereocenters. The molecule has 0 aromatic heterocycles. The summed E-state index contributed by atoms with van der Waals surface area (Å²) in [5.41, 5.74) is 3.26. The first-order valence-corrected chi connectivity index (χ1v) is 7.36. The van der Waals surface area contributed by atoms with Gasteiger partial charge in [-0.25, -0.2) is 0 Å². The lowest BCUT2D eigenvalue weighted by Crippen LogP contribution is -3.12. The number of para-hydroxylation sites is 1. The van der Waals surface area contributed by atoms with Gasteiger partial charge in [-0.2, -0.15) is 0 Å². The molecule has 19 heavy (non-hydrogen) atoms. The Morgan fingerprint density at radius 3 is 2.26 bits per heavy atom. The van der Waals surface area contributed by atoms with Crippen LogP contribution >= 0.6 is 0 Å². The zero-order valence-electron chi connectivity index (χ0n) is 12.1. The highest BCUT2D eigenvalue weighted by Gasteiger charge is 2.17. The minimum Gasteiger partial charge on any atom is -0.327 e. The number of carbonyl (C=O) groups excluding carboxylic acids is 1. The van der Waals surface area contributed by atoms with Crippen LogP contribution in [0.3, 0.4) is 0 Å². The van der Waals surface area contributed by atoms with Gasteiger partial charge in [0.1, 0.15) is 0 Å². The summed E-state index contributed by atoms with van der Waals surface area (Å²) in [6, 6.07) is 6.11. The van der Waals surface area contributed by atoms with E-state index in [-0.39, 0.29) is 5.91 Å². The molecule has 2 rings (SSSR count). The van der Waals surface area contributed by atoms with Crippen LogP contribution in [-0.4, -0.2) is 25.5 Å². The van der Waals surface area contributed by atoms with Crippen molar-refractivity contribution in [2.24, 2.45) is 0 Å². The topological polar surface area (TPSA) is 33.5 Å². The molecule has 0 spiro atoms. The zero-order chi connectivity index (χ0) is 13.7. The maximum absolute atomic E-state index is 12.2. The Morgan fingerprint density at radius 2 is 1.68 bits per heavy atom. The molecule has 1 saturated heterocycles. The average Bonchev–Trinajstić information content (AvgIpc) is 2.63. The van der Waals surface area contributed by atoms with Crippen molar-refractivity contribution in [3.05, 3.63) is 29.3 Å². The number of amides is 1. The third-order valence-corrected chi connectivity index (χ3v) is 3.97. The molecule has 0 unspecified atom stereocenters. The van der Waals surface area contributed by atoms with Gasteiger partial charge in [-0.05, 0) is 50.7 Å². The summed E-state index contributed by atoms with van der Waals surface area (Å²) in [5.74, 6) is 0.147. The van der Waals surface area contributed by atoms with Crippen LogP contribution in [0.5, 0.6) is 0 Å². The Morgan fingerprint density at radius 1 is 1.11 bits per heavy atom. The summed E-state index contributed by atoms with van der Waals surface area (Å²) in [6.07, 6.45) is 5.15. The first kappa shape index (κ1) is 14.1. The molecule has 3 heteroatoms. The fourth-order valence-electron chi connectivity index (χ4n) is 2.83. The highest BCUT2D eigenvalue weighted by Crippen LogP contribution is 2.18. The van der Waals surface area contributed by atoms with Gasteiger partial charge in [-0.15, -0.1) is 0 Å². The smallest absolute Gasteiger partial charge is 0.279 e. The average molecular weight is 261 g/mol. The Labute approximate surface area is 116 Å². The molecule has 1 aromatic carbocycles. The van der Waals surface area contributed by atoms with E-state index < -0.39 is 0 Å². The maximum atomic E-state index is 12.2. The van der Waals surface area contributed by atoms with E-state index >= 15 is 0 Å². The number of quaternary nitrogens is 1. The fraction of sp³-hybridized carbons (Fsp3) is 0.562. The predicted octanol–water partition coefficient (Wildman–Crippen LogP) is 1.70. The van der Waals surface area contributed by atoms with Gasteiger partial charge < -0.3 is 10.2 Å². The normalized spacial score (nSPS) is 16.9. The summed E-state index contributed by atoms with van der Waals surface area (Å²) < 4.78 is 0. The number of hydrogen-bond donors (Lipinski definition) is 2. The van der Waals surface area contributed by atoms with Crippen LogP contribution < -0.4 is 10.2 Å². The van der Waals surface area contributed by atoms with Crippen molar-refractivity contribution in [2.75, 3.05) is 25.0 Å². The monoisotopic (exact) mass is 261 g/mol. The van der Waals surface area contributed by atoms with Gasteiger partial charge in [-0.1, -0.05) is 18.2 Å². The van der Waals surface area contributed by atoms with Crippen molar-refractivity contribution in [3.63, 3.8) is 0 Å². The molecular formula is C16H25N2O+. The number of aryl methyl sites for hydroxylation is 2. The molecule has 0 radical (unpaired) electrons. The summed E-state index contributed by atoms with van der Waals surface area (Å²) >= 11 is 0. The van der Waals surface area contributed by atoms with Gasteiger partial charge in [0.25, 0.3) is 5.91 Å². The molecule has 1 amide bonds. The molecule has 0 aliphatic carbocycles. The van der Waals surface area contributed by atoms with Crippen LogP contribution in [0.4, 0.5) is 5.69 Å². The second-order valence-electron chi connectivity index (χ2n) is 5.66. The van der Waals surface area contributed by atoms with Crippen LogP contribution in [0.25, 0.3) is 0 Å². The highest BCUT2D eigenvalue weighted by molar-refractivity contribution is 5.93. The van der Waals surface area contributed by atoms with E-state index in [0.29, 0.717) is 6.54 Å². The van der Waals surface area contributed by atoms with E-state index in [1.807, 2.05) is 32.0 Å². The van der Waals surface area contributed by atoms with Crippen LogP contribution in [0, 0.1) is 13.8 Å². The van der Waals surface area contributed by atoms with Gasteiger partial charge in [0, 0.05) is 5.69 Å². The van der Waals surface area contributed by atoms with Crippen molar-refractivity contribution in [1.29, 1.82) is 0 Å². The minimum absolute atomic E-state index is 0.147. The van der Waals surface area contributed by atoms with Crippen LogP contribution in [0.2, 0.25) is 0 Å². The Kier molecular flexibility index (Phi) is 4.97. The van der Waals surface area contributed by atoms with Crippen molar-refractivity contribution in [3.8, 4) is 0 Å². The molecule has 2 N–H and O–H groups in total. The lowest BCUT2D eigenvalue weighted by Gasteiger charge is -2.17. The highest BCUT2D eigenvalue weighted by atomic mass is 16.2. The first-order chi connectivity index (χ1) is 9.16. The van der Waals surface area contributed by atoms with Gasteiger partial charge in [0.2, 0.25) is 0 Å². The second kappa shape index (κ2) is 6.71. The standard InChI is InChI=1S/C16H24N2O/c1-13-8-7-9-14(2)16(13)17-15(19)12-18-10-5-3-4-6-11-18/h7-9H,3-6,10-12H2,1-2H3,(H,17,19)/p+1. The number of nitrogens with one attached hydrogen (secondary N) is 2. The van der Waals surface area contributed by atoms with E-state index in [9.17, 15) is 4.79 Å². The quantitative estimate of drug-likeness (QED) is 0.853. The first-order valence-electron chi connectivity index (χ1n) is 7.36. The van der Waals surface area contributed by atoms with E-state index in [0.717, 1.165) is 29.9 Å². The van der Waals surface area contributed by atoms with Gasteiger partial charge in [0.15, 0.2) is 6.54 Å². The van der Waals surface area contributed by atoms with E-state index in [4.69, 9.17) is 0 Å². The van der Waals surface area contributed by atoms with Crippen molar-refractivity contribution >= 4 is 11.6 Å². The molecule has 104 valence electrons. The van der Waals surface area contributed by atoms with E-state index in [1.165, 1.54) is 30.6 Å². The van der Waals surface area contributed by atoms with Crippen molar-refractivity contribution in [2.45, 2.75) is 39.5 Å². The Balaban J connectivity index is 1.93. The minimum atomic E-state index is 0.147. The van der Waals surface area contributed by atoms with Crippen LogP contribution in [0.1, 0.15) is 36.8 Å². The molecule has 1 aliphatic rings. The van der Waals surface area contributed by atoms with Gasteiger partial charge >= 0.3 is 0 Å². The zero-order valence-corrected chi connectivity index (χ0v) is 12.1. The van der Waals surface area contributed by atoms with E-state index in [1.54, 1.807) is 0 Å². The molecule has 0 bridgehead atoms. The summed E-state index contributed by atoms with van der Waals surface area (Å²) in [6.45, 7) is 6.97. The third kappa shape index (κ3) is 4.06. The van der Waals surface area contributed by atoms with Crippen molar-refractivity contribution < 1.29 is 9.69 Å². The summed E-state index contributed by atoms with van der Waals surface area (Å²) in [7, 11) is 0. The summed E-state index contributed by atoms with van der Waals surface area (Å²) in [5, 5.41) is 3.09. The largest absolute Gasteiger partial charge is 0.327 e. The number of likely N-dealkylation sites (tertiary alicyclic amines) is 1. The number of hydrogen-bond acceptors (Lipinski definition) is 1. The van der Waals surface area contributed by atoms with Gasteiger partial charge in [0.05, 0.1) is 13.1 Å². The lowest BCUT2D eigenvalue weighted by molar-refractivity contribution is -0.890. The SMILES string of the molecule is Cc1cccc(C)c1NC(=O)C[NH+]1CCCCCC1. The van der Waals surface area contributed by atoms with Gasteiger partial charge in [-0.3, -0.25) is 4.79 Å². The fourth-order valence-corrected chi connectivity index (χ4v) is 2.83. The molecule has 1 aliphatic heterocycles. The molecular weight excluding hydrogens is 236 g/mol. The van der Waals surface area contributed by atoms with Crippen molar-refractivity contribution in [1.82, 2.24) is 0 Å². The van der Waals surface area contributed by atoms with Crippen LogP contribution in [0.15, 0.2) is 18.2 Å². The predicted molar refractivity (Wildman–Crippen MR) is 78.6 cm³/mol. The molecule has 3 nitrogen and oxygen atoms in total. The lowest BCUT2D eigenvalue weighted by atomic mass is 10.1. The summed E-state index contributed by atoms with van der Waals surface area (Å²) in [4.78, 5) is 13.6. The second-order valence-corrected chi connectivity index (χ2v) is 5.66. The third-order valence-electron chi connectivity index (χ3n) is 3.97. The number of anilines is 1. The van der Waals surface area contributed by atoms with Crippen LogP contribution in [-0.2, 0) is 4.79 Å². The molecule has 1 heterocycles. The number of benzene rings is 1. The number of carbonyl (C=O) groups is 1. The molecule has 1 fully saturated rings.